The van der Waals surface area contributed by atoms with Crippen molar-refractivity contribution in [2.75, 3.05) is 6.61 Å². The summed E-state index contributed by atoms with van der Waals surface area (Å²) in [6.07, 6.45) is 3.25. The summed E-state index contributed by atoms with van der Waals surface area (Å²) in [6.45, 7) is 4.45. The van der Waals surface area contributed by atoms with Gasteiger partial charge in [0.1, 0.15) is 11.9 Å². The van der Waals surface area contributed by atoms with Crippen molar-refractivity contribution in [2.45, 2.75) is 38.8 Å². The first-order chi connectivity index (χ1) is 7.59. The van der Waals surface area contributed by atoms with Gasteiger partial charge in [0, 0.05) is 6.61 Å². The van der Waals surface area contributed by atoms with Crippen LogP contribution >= 0.6 is 0 Å². The van der Waals surface area contributed by atoms with Crippen LogP contribution in [0.15, 0.2) is 6.20 Å². The summed E-state index contributed by atoms with van der Waals surface area (Å²) in [5.41, 5.74) is 0.725. The van der Waals surface area contributed by atoms with Crippen LogP contribution < -0.4 is 0 Å². The highest BCUT2D eigenvalue weighted by Gasteiger charge is 2.26. The molecule has 88 valence electrons. The summed E-state index contributed by atoms with van der Waals surface area (Å²) in [6, 6.07) is 0.220. The lowest BCUT2D eigenvalue weighted by Gasteiger charge is -2.27. The number of nitrogens with zero attached hydrogens (tertiary/aromatic N) is 3. The summed E-state index contributed by atoms with van der Waals surface area (Å²) in [4.78, 5) is 10.3. The molecule has 0 N–H and O–H groups in total. The Kier molecular flexibility index (Phi) is 2.91. The molecule has 6 nitrogen and oxygen atoms in total. The van der Waals surface area contributed by atoms with E-state index in [-0.39, 0.29) is 22.8 Å². The Morgan fingerprint density at radius 3 is 3.00 bits per heavy atom. The largest absolute Gasteiger partial charge is 0.378 e. The van der Waals surface area contributed by atoms with Crippen molar-refractivity contribution in [3.8, 4) is 0 Å². The first-order valence-corrected chi connectivity index (χ1v) is 5.39. The van der Waals surface area contributed by atoms with Crippen molar-refractivity contribution in [1.29, 1.82) is 0 Å². The molecule has 2 unspecified atom stereocenters. The van der Waals surface area contributed by atoms with Crippen molar-refractivity contribution in [1.82, 2.24) is 9.78 Å². The van der Waals surface area contributed by atoms with E-state index in [1.807, 2.05) is 6.92 Å². The summed E-state index contributed by atoms with van der Waals surface area (Å²) in [5, 5.41) is 14.8. The minimum Gasteiger partial charge on any atom is -0.378 e. The van der Waals surface area contributed by atoms with E-state index in [0.29, 0.717) is 12.3 Å². The first-order valence-electron chi connectivity index (χ1n) is 5.39. The molecule has 0 amide bonds. The van der Waals surface area contributed by atoms with E-state index in [1.54, 1.807) is 11.6 Å². The second-order valence-electron chi connectivity index (χ2n) is 4.18. The van der Waals surface area contributed by atoms with E-state index >= 15 is 0 Å². The van der Waals surface area contributed by atoms with Gasteiger partial charge < -0.3 is 4.74 Å². The van der Waals surface area contributed by atoms with E-state index in [4.69, 9.17) is 4.74 Å². The van der Waals surface area contributed by atoms with Gasteiger partial charge in [-0.3, -0.25) is 14.8 Å². The Bertz CT molecular complexity index is 402. The van der Waals surface area contributed by atoms with Crippen LogP contribution in [-0.2, 0) is 4.74 Å². The van der Waals surface area contributed by atoms with Crippen molar-refractivity contribution < 1.29 is 9.66 Å². The smallest absolute Gasteiger partial charge is 0.309 e. The molecule has 0 bridgehead atoms. The van der Waals surface area contributed by atoms with Crippen LogP contribution in [0.3, 0.4) is 0 Å². The standard InChI is InChI=1S/C10H15N3O3/c1-7-5-9(3-4-16-7)12-8(2)10(6-11-12)13(14)15/h6-7,9H,3-5H2,1-2H3. The monoisotopic (exact) mass is 225 g/mol. The van der Waals surface area contributed by atoms with Crippen LogP contribution in [0, 0.1) is 17.0 Å². The Hall–Kier alpha value is -1.43. The maximum Gasteiger partial charge on any atom is 0.309 e. The SMILES string of the molecule is Cc1c([N+](=O)[O-])cnn1C1CCOC(C)C1. The first kappa shape index (κ1) is 11.1. The third-order valence-electron chi connectivity index (χ3n) is 3.02. The molecule has 1 fully saturated rings. The van der Waals surface area contributed by atoms with Gasteiger partial charge in [0.15, 0.2) is 0 Å². The molecule has 2 rings (SSSR count). The van der Waals surface area contributed by atoms with Crippen LogP contribution in [0.5, 0.6) is 0 Å². The molecule has 1 aliphatic heterocycles. The number of hydrogen-bond acceptors (Lipinski definition) is 4. The highest BCUT2D eigenvalue weighted by molar-refractivity contribution is 5.31. The zero-order chi connectivity index (χ0) is 11.7. The van der Waals surface area contributed by atoms with Crippen molar-refractivity contribution in [3.05, 3.63) is 22.0 Å². The summed E-state index contributed by atoms with van der Waals surface area (Å²) >= 11 is 0. The Labute approximate surface area is 93.4 Å². The summed E-state index contributed by atoms with van der Waals surface area (Å²) < 4.78 is 7.21. The molecule has 6 heteroatoms. The van der Waals surface area contributed by atoms with E-state index in [9.17, 15) is 10.1 Å². The van der Waals surface area contributed by atoms with E-state index < -0.39 is 0 Å². The molecule has 2 heterocycles. The zero-order valence-corrected chi connectivity index (χ0v) is 9.42. The van der Waals surface area contributed by atoms with E-state index in [1.165, 1.54) is 6.20 Å². The number of aromatic nitrogens is 2. The third-order valence-corrected chi connectivity index (χ3v) is 3.02. The predicted octanol–water partition coefficient (Wildman–Crippen LogP) is 1.84. The number of ether oxygens (including phenoxy) is 1. The van der Waals surface area contributed by atoms with Gasteiger partial charge in [0.2, 0.25) is 0 Å². The molecule has 1 aliphatic rings. The van der Waals surface area contributed by atoms with Crippen LogP contribution in [0.25, 0.3) is 0 Å². The molecule has 0 radical (unpaired) electrons. The van der Waals surface area contributed by atoms with Gasteiger partial charge in [-0.1, -0.05) is 0 Å². The zero-order valence-electron chi connectivity index (χ0n) is 9.42. The maximum absolute atomic E-state index is 10.7. The molecule has 1 saturated heterocycles. The molecule has 1 aromatic heterocycles. The maximum atomic E-state index is 10.7. The summed E-state index contributed by atoms with van der Waals surface area (Å²) in [5.74, 6) is 0. The van der Waals surface area contributed by atoms with Gasteiger partial charge in [0.05, 0.1) is 17.1 Å². The molecular formula is C10H15N3O3. The van der Waals surface area contributed by atoms with Crippen molar-refractivity contribution in [2.24, 2.45) is 0 Å². The quantitative estimate of drug-likeness (QED) is 0.568. The molecule has 0 spiro atoms. The van der Waals surface area contributed by atoms with Gasteiger partial charge in [0.25, 0.3) is 0 Å². The topological polar surface area (TPSA) is 70.2 Å². The Morgan fingerprint density at radius 2 is 2.44 bits per heavy atom. The molecule has 0 saturated carbocycles. The van der Waals surface area contributed by atoms with Gasteiger partial charge in [-0.2, -0.15) is 5.10 Å². The average Bonchev–Trinajstić information content (AvgIpc) is 2.60. The summed E-state index contributed by atoms with van der Waals surface area (Å²) in [7, 11) is 0. The van der Waals surface area contributed by atoms with E-state index in [2.05, 4.69) is 5.10 Å². The number of nitro groups is 1. The lowest BCUT2D eigenvalue weighted by atomic mass is 10.0. The molecular weight excluding hydrogens is 210 g/mol. The molecule has 0 aromatic carbocycles. The van der Waals surface area contributed by atoms with Gasteiger partial charge in [-0.05, 0) is 26.7 Å². The molecule has 2 atom stereocenters. The minimum absolute atomic E-state index is 0.0964. The molecule has 0 aliphatic carbocycles. The number of rotatable bonds is 2. The fraction of sp³-hybridized carbons (Fsp3) is 0.700. The highest BCUT2D eigenvalue weighted by atomic mass is 16.6. The molecule has 1 aromatic rings. The fourth-order valence-corrected chi connectivity index (χ4v) is 2.16. The number of hydrogen-bond donors (Lipinski definition) is 0. The average molecular weight is 225 g/mol. The van der Waals surface area contributed by atoms with Gasteiger partial charge in [-0.25, -0.2) is 0 Å². The van der Waals surface area contributed by atoms with E-state index in [0.717, 1.165) is 12.8 Å². The van der Waals surface area contributed by atoms with Crippen molar-refractivity contribution in [3.63, 3.8) is 0 Å². The van der Waals surface area contributed by atoms with Gasteiger partial charge >= 0.3 is 5.69 Å². The molecule has 16 heavy (non-hydrogen) atoms. The van der Waals surface area contributed by atoms with Crippen LogP contribution in [-0.4, -0.2) is 27.4 Å². The van der Waals surface area contributed by atoms with Crippen LogP contribution in [0.4, 0.5) is 5.69 Å². The normalized spacial score (nSPS) is 25.6. The minimum atomic E-state index is -0.387. The Morgan fingerprint density at radius 1 is 1.69 bits per heavy atom. The van der Waals surface area contributed by atoms with Gasteiger partial charge in [-0.15, -0.1) is 0 Å². The predicted molar refractivity (Wildman–Crippen MR) is 57.3 cm³/mol. The second-order valence-corrected chi connectivity index (χ2v) is 4.18. The second kappa shape index (κ2) is 4.21. The third kappa shape index (κ3) is 1.92. The fourth-order valence-electron chi connectivity index (χ4n) is 2.16. The highest BCUT2D eigenvalue weighted by Crippen LogP contribution is 2.28. The lowest BCUT2D eigenvalue weighted by molar-refractivity contribution is -0.385. The lowest BCUT2D eigenvalue weighted by Crippen LogP contribution is -2.26. The van der Waals surface area contributed by atoms with Crippen LogP contribution in [0.2, 0.25) is 0 Å². The Balaban J connectivity index is 2.23. The van der Waals surface area contributed by atoms with Crippen LogP contribution in [0.1, 0.15) is 31.5 Å². The van der Waals surface area contributed by atoms with Crippen molar-refractivity contribution >= 4 is 5.69 Å².